The number of rotatable bonds is 4. The van der Waals surface area contributed by atoms with Gasteiger partial charge >= 0.3 is 5.97 Å². The number of nitrogens with zero attached hydrogens (tertiary/aromatic N) is 1. The number of ether oxygens (including phenoxy) is 1. The van der Waals surface area contributed by atoms with E-state index >= 15 is 0 Å². The van der Waals surface area contributed by atoms with Crippen LogP contribution in [0.15, 0.2) is 45.8 Å². The molecule has 5 nitrogen and oxygen atoms in total. The fourth-order valence-electron chi connectivity index (χ4n) is 1.63. The zero-order valence-corrected chi connectivity index (χ0v) is 11.6. The number of carbonyl (C=O) groups excluding carboxylic acids is 1. The van der Waals surface area contributed by atoms with Crippen molar-refractivity contribution in [2.75, 3.05) is 13.0 Å². The molecule has 0 aliphatic carbocycles. The lowest BCUT2D eigenvalue weighted by atomic mass is 10.1. The monoisotopic (exact) mass is 292 g/mol. The zero-order valence-electron chi connectivity index (χ0n) is 10.8. The lowest BCUT2D eigenvalue weighted by Crippen LogP contribution is -2.12. The van der Waals surface area contributed by atoms with Gasteiger partial charge in [0.2, 0.25) is 5.76 Å². The van der Waals surface area contributed by atoms with Gasteiger partial charge in [0, 0.05) is 5.56 Å². The van der Waals surface area contributed by atoms with Crippen LogP contribution in [0.1, 0.15) is 10.6 Å². The van der Waals surface area contributed by atoms with Gasteiger partial charge in [0.05, 0.1) is 18.7 Å². The van der Waals surface area contributed by atoms with Crippen molar-refractivity contribution in [1.29, 1.82) is 0 Å². The standard InChI is InChI=1S/C14H13ClN2O3/c1-19-14(18)12-6-5-11(20-12)9-3-2-4-10(7-9)17-13(16)8-15/h2-7H,8H2,1H3,(H2,16,17). The second-order valence-electron chi connectivity index (χ2n) is 3.94. The molecule has 0 spiro atoms. The highest BCUT2D eigenvalue weighted by molar-refractivity contribution is 6.28. The van der Waals surface area contributed by atoms with E-state index in [0.717, 1.165) is 5.56 Å². The Morgan fingerprint density at radius 3 is 2.90 bits per heavy atom. The van der Waals surface area contributed by atoms with Crippen LogP contribution in [-0.2, 0) is 4.74 Å². The van der Waals surface area contributed by atoms with Gasteiger partial charge in [-0.2, -0.15) is 0 Å². The maximum atomic E-state index is 11.3. The van der Waals surface area contributed by atoms with Crippen LogP contribution in [0, 0.1) is 0 Å². The van der Waals surface area contributed by atoms with E-state index in [-0.39, 0.29) is 11.6 Å². The van der Waals surface area contributed by atoms with Crippen molar-refractivity contribution >= 4 is 29.1 Å². The summed E-state index contributed by atoms with van der Waals surface area (Å²) in [6, 6.07) is 10.5. The van der Waals surface area contributed by atoms with Gasteiger partial charge in [0.1, 0.15) is 11.6 Å². The number of hydrogen-bond donors (Lipinski definition) is 1. The third-order valence-electron chi connectivity index (χ3n) is 2.53. The molecule has 0 unspecified atom stereocenters. The summed E-state index contributed by atoms with van der Waals surface area (Å²) in [6.45, 7) is 0. The van der Waals surface area contributed by atoms with E-state index in [4.69, 9.17) is 21.8 Å². The summed E-state index contributed by atoms with van der Waals surface area (Å²) in [7, 11) is 1.30. The zero-order chi connectivity index (χ0) is 14.5. The summed E-state index contributed by atoms with van der Waals surface area (Å²) in [5, 5.41) is 0. The van der Waals surface area contributed by atoms with Crippen LogP contribution in [0.5, 0.6) is 0 Å². The summed E-state index contributed by atoms with van der Waals surface area (Å²) in [5.41, 5.74) is 7.03. The van der Waals surface area contributed by atoms with Crippen LogP contribution < -0.4 is 5.73 Å². The number of esters is 1. The van der Waals surface area contributed by atoms with Gasteiger partial charge in [-0.1, -0.05) is 12.1 Å². The molecule has 0 radical (unpaired) electrons. The van der Waals surface area contributed by atoms with Crippen molar-refractivity contribution in [3.8, 4) is 11.3 Å². The number of methoxy groups -OCH3 is 1. The van der Waals surface area contributed by atoms with Crippen molar-refractivity contribution in [3.63, 3.8) is 0 Å². The van der Waals surface area contributed by atoms with Crippen molar-refractivity contribution < 1.29 is 13.9 Å². The highest BCUT2D eigenvalue weighted by Crippen LogP contribution is 2.26. The number of carbonyl (C=O) groups is 1. The normalized spacial score (nSPS) is 11.4. The third-order valence-corrected chi connectivity index (χ3v) is 2.81. The Hall–Kier alpha value is -2.27. The molecule has 0 aliphatic heterocycles. The predicted octanol–water partition coefficient (Wildman–Crippen LogP) is 2.96. The Balaban J connectivity index is 2.31. The van der Waals surface area contributed by atoms with Gasteiger partial charge in [-0.15, -0.1) is 11.6 Å². The number of furan rings is 1. The second-order valence-corrected chi connectivity index (χ2v) is 4.21. The molecule has 1 aromatic heterocycles. The first-order chi connectivity index (χ1) is 9.63. The summed E-state index contributed by atoms with van der Waals surface area (Å²) >= 11 is 5.59. The Kier molecular flexibility index (Phi) is 4.42. The molecule has 2 N–H and O–H groups in total. The van der Waals surface area contributed by atoms with Crippen molar-refractivity contribution in [1.82, 2.24) is 0 Å². The second kappa shape index (κ2) is 6.25. The minimum Gasteiger partial charge on any atom is -0.463 e. The largest absolute Gasteiger partial charge is 0.463 e. The topological polar surface area (TPSA) is 77.8 Å². The molecule has 2 aromatic rings. The highest BCUT2D eigenvalue weighted by Gasteiger charge is 2.12. The van der Waals surface area contributed by atoms with Crippen LogP contribution in [-0.4, -0.2) is 24.8 Å². The summed E-state index contributed by atoms with van der Waals surface area (Å²) in [6.07, 6.45) is 0. The number of nitrogens with two attached hydrogens (primary N) is 1. The summed E-state index contributed by atoms with van der Waals surface area (Å²) < 4.78 is 10.0. The van der Waals surface area contributed by atoms with Gasteiger partial charge in [-0.05, 0) is 24.3 Å². The van der Waals surface area contributed by atoms with Crippen LogP contribution in [0.3, 0.4) is 0 Å². The van der Waals surface area contributed by atoms with E-state index in [2.05, 4.69) is 9.73 Å². The average molecular weight is 293 g/mol. The third kappa shape index (κ3) is 3.19. The van der Waals surface area contributed by atoms with E-state index in [1.807, 2.05) is 12.1 Å². The lowest BCUT2D eigenvalue weighted by Gasteiger charge is -2.00. The lowest BCUT2D eigenvalue weighted by molar-refractivity contribution is 0.0566. The quantitative estimate of drug-likeness (QED) is 0.407. The van der Waals surface area contributed by atoms with Gasteiger partial charge < -0.3 is 14.9 Å². The molecule has 6 heteroatoms. The molecule has 0 atom stereocenters. The fourth-order valence-corrected chi connectivity index (χ4v) is 1.69. The smallest absolute Gasteiger partial charge is 0.373 e. The Bertz CT molecular complexity index is 649. The average Bonchev–Trinajstić information content (AvgIpc) is 2.96. The van der Waals surface area contributed by atoms with Crippen LogP contribution in [0.4, 0.5) is 5.69 Å². The van der Waals surface area contributed by atoms with Gasteiger partial charge in [-0.25, -0.2) is 9.79 Å². The predicted molar refractivity (Wildman–Crippen MR) is 77.5 cm³/mol. The number of hydrogen-bond acceptors (Lipinski definition) is 4. The van der Waals surface area contributed by atoms with Crippen LogP contribution in [0.2, 0.25) is 0 Å². The Morgan fingerprint density at radius 2 is 2.20 bits per heavy atom. The molecule has 20 heavy (non-hydrogen) atoms. The summed E-state index contributed by atoms with van der Waals surface area (Å²) in [4.78, 5) is 15.5. The first kappa shape index (κ1) is 14.1. The number of amidine groups is 1. The number of benzene rings is 1. The highest BCUT2D eigenvalue weighted by atomic mass is 35.5. The molecule has 0 saturated carbocycles. The molecule has 2 rings (SSSR count). The van der Waals surface area contributed by atoms with E-state index < -0.39 is 5.97 Å². The van der Waals surface area contributed by atoms with E-state index in [9.17, 15) is 4.79 Å². The van der Waals surface area contributed by atoms with Crippen molar-refractivity contribution in [2.45, 2.75) is 0 Å². The van der Waals surface area contributed by atoms with Crippen LogP contribution >= 0.6 is 11.6 Å². The first-order valence-electron chi connectivity index (χ1n) is 5.81. The molecule has 0 aliphatic rings. The van der Waals surface area contributed by atoms with E-state index in [1.54, 1.807) is 24.3 Å². The molecule has 0 bridgehead atoms. The molecular weight excluding hydrogens is 280 g/mol. The van der Waals surface area contributed by atoms with E-state index in [0.29, 0.717) is 17.3 Å². The summed E-state index contributed by atoms with van der Waals surface area (Å²) in [5.74, 6) is 0.677. The minimum absolute atomic E-state index is 0.150. The molecule has 0 fully saturated rings. The van der Waals surface area contributed by atoms with E-state index in [1.165, 1.54) is 7.11 Å². The molecule has 1 heterocycles. The first-order valence-corrected chi connectivity index (χ1v) is 6.35. The molecule has 0 saturated heterocycles. The van der Waals surface area contributed by atoms with Crippen molar-refractivity contribution in [3.05, 3.63) is 42.2 Å². The maximum absolute atomic E-state index is 11.3. The Morgan fingerprint density at radius 1 is 1.40 bits per heavy atom. The molecule has 0 amide bonds. The van der Waals surface area contributed by atoms with Gasteiger partial charge in [0.15, 0.2) is 0 Å². The SMILES string of the molecule is COC(=O)c1ccc(-c2cccc(N=C(N)CCl)c2)o1. The Labute approximate surface area is 121 Å². The number of halogens is 1. The molecule has 104 valence electrons. The van der Waals surface area contributed by atoms with Crippen molar-refractivity contribution in [2.24, 2.45) is 10.7 Å². The molecule has 1 aromatic carbocycles. The van der Waals surface area contributed by atoms with Crippen LogP contribution in [0.25, 0.3) is 11.3 Å². The maximum Gasteiger partial charge on any atom is 0.373 e. The number of aliphatic imine (C=N–C) groups is 1. The molecular formula is C14H13ClN2O3. The van der Waals surface area contributed by atoms with Gasteiger partial charge in [0.25, 0.3) is 0 Å². The fraction of sp³-hybridized carbons (Fsp3) is 0.143. The number of alkyl halides is 1. The minimum atomic E-state index is -0.517. The van der Waals surface area contributed by atoms with Gasteiger partial charge in [-0.3, -0.25) is 0 Å².